The predicted octanol–water partition coefficient (Wildman–Crippen LogP) is 8.18. The molecule has 0 atom stereocenters. The number of aromatic nitrogens is 5. The number of hydrogen-bond donors (Lipinski definition) is 0. The fourth-order valence-electron chi connectivity index (χ4n) is 7.86. The van der Waals surface area contributed by atoms with Crippen molar-refractivity contribution in [2.75, 3.05) is 0 Å². The van der Waals surface area contributed by atoms with Gasteiger partial charge in [-0.05, 0) is 42.9 Å². The third-order valence-corrected chi connectivity index (χ3v) is 9.86. The predicted molar refractivity (Wildman–Crippen MR) is 205 cm³/mol. The lowest BCUT2D eigenvalue weighted by Crippen LogP contribution is -2.59. The van der Waals surface area contributed by atoms with Crippen molar-refractivity contribution < 1.29 is 0 Å². The summed E-state index contributed by atoms with van der Waals surface area (Å²) in [4.78, 5) is 16.3. The van der Waals surface area contributed by atoms with Crippen LogP contribution in [-0.2, 0) is 0 Å². The molecule has 0 spiro atoms. The molecule has 10 rings (SSSR count). The molecule has 4 heterocycles. The van der Waals surface area contributed by atoms with E-state index in [2.05, 4.69) is 150 Å². The van der Waals surface area contributed by atoms with Gasteiger partial charge in [0.1, 0.15) is 0 Å². The zero-order chi connectivity index (χ0) is 33.2. The van der Waals surface area contributed by atoms with Gasteiger partial charge in [0.15, 0.2) is 5.82 Å². The van der Waals surface area contributed by atoms with Gasteiger partial charge in [-0.1, -0.05) is 146 Å². The summed E-state index contributed by atoms with van der Waals surface area (Å²) >= 11 is 0. The van der Waals surface area contributed by atoms with Crippen molar-refractivity contribution >= 4 is 61.8 Å². The van der Waals surface area contributed by atoms with Crippen molar-refractivity contribution in [2.45, 2.75) is 27.7 Å². The molecule has 0 saturated carbocycles. The van der Waals surface area contributed by atoms with Crippen LogP contribution in [-0.4, -0.2) is 30.6 Å². The van der Waals surface area contributed by atoms with Crippen LogP contribution in [0.5, 0.6) is 0 Å². The molecule has 49 heavy (non-hydrogen) atoms. The standard InChI is InChI=1S/C41H28BN5.C2H6/c1-25-13-11-14-26(2)35(25)42-30-24-23-27-19-12-22-33-34(27)37(30)47(41-43-31-20-9-10-21-32(31)46(33)41)38-36(28-15-5-3-6-16-28)44-40(45-39(38)42)29-17-7-4-8-18-29;1-2/h3-24H,1-2H3;1-2H3. The fraction of sp³-hybridized carbons (Fsp3) is 0.0930. The van der Waals surface area contributed by atoms with Crippen molar-refractivity contribution in [3.05, 3.63) is 145 Å². The summed E-state index contributed by atoms with van der Waals surface area (Å²) in [5, 5.41) is 2.41. The Labute approximate surface area is 285 Å². The van der Waals surface area contributed by atoms with Crippen LogP contribution in [0.4, 0.5) is 0 Å². The number of fused-ring (bicyclic) bond motifs is 7. The Morgan fingerprint density at radius 1 is 0.571 bits per heavy atom. The molecular formula is C43H34BN5. The van der Waals surface area contributed by atoms with Crippen LogP contribution in [0, 0.1) is 13.8 Å². The summed E-state index contributed by atoms with van der Waals surface area (Å²) in [6, 6.07) is 47.1. The highest BCUT2D eigenvalue weighted by Crippen LogP contribution is 2.37. The molecule has 6 heteroatoms. The number of benzene rings is 6. The van der Waals surface area contributed by atoms with E-state index in [-0.39, 0.29) is 6.71 Å². The third-order valence-electron chi connectivity index (χ3n) is 9.86. The zero-order valence-corrected chi connectivity index (χ0v) is 28.0. The number of nitrogens with zero attached hydrogens (tertiary/aromatic N) is 5. The second-order valence-corrected chi connectivity index (χ2v) is 12.6. The molecule has 0 bridgehead atoms. The first-order valence-corrected chi connectivity index (χ1v) is 17.1. The van der Waals surface area contributed by atoms with Gasteiger partial charge in [0, 0.05) is 22.1 Å². The van der Waals surface area contributed by atoms with E-state index in [4.69, 9.17) is 15.0 Å². The Hall–Kier alpha value is -6.01. The summed E-state index contributed by atoms with van der Waals surface area (Å²) in [5.74, 6) is 1.57. The average molecular weight is 632 g/mol. The lowest BCUT2D eigenvalue weighted by Gasteiger charge is -2.32. The molecule has 234 valence electrons. The SMILES string of the molecule is CC.Cc1cccc(C)c1B1c2nc(-c3ccccc3)nc(-c3ccccc3)c2-n2c3c1ccc1cccc(c13)n1c3ccccc3nc21. The van der Waals surface area contributed by atoms with Crippen molar-refractivity contribution in [2.24, 2.45) is 0 Å². The van der Waals surface area contributed by atoms with E-state index in [0.717, 1.165) is 61.8 Å². The monoisotopic (exact) mass is 631 g/mol. The van der Waals surface area contributed by atoms with Crippen LogP contribution in [0.1, 0.15) is 25.0 Å². The van der Waals surface area contributed by atoms with Crippen molar-refractivity contribution in [3.63, 3.8) is 0 Å². The van der Waals surface area contributed by atoms with Crippen molar-refractivity contribution in [3.8, 4) is 28.3 Å². The number of aryl methyl sites for hydroxylation is 2. The summed E-state index contributed by atoms with van der Waals surface area (Å²) in [6.45, 7) is 8.34. The molecule has 0 amide bonds. The van der Waals surface area contributed by atoms with Crippen LogP contribution in [0.2, 0.25) is 0 Å². The van der Waals surface area contributed by atoms with Gasteiger partial charge in [-0.3, -0.25) is 8.97 Å². The lowest BCUT2D eigenvalue weighted by atomic mass is 9.35. The van der Waals surface area contributed by atoms with Gasteiger partial charge >= 0.3 is 0 Å². The van der Waals surface area contributed by atoms with E-state index in [1.54, 1.807) is 0 Å². The number of hydrogen-bond acceptors (Lipinski definition) is 3. The average Bonchev–Trinajstić information content (AvgIpc) is 3.55. The molecule has 9 aromatic rings. The molecule has 0 N–H and O–H groups in total. The maximum atomic E-state index is 5.54. The van der Waals surface area contributed by atoms with Gasteiger partial charge in [-0.15, -0.1) is 0 Å². The highest BCUT2D eigenvalue weighted by molar-refractivity contribution is 6.98. The molecule has 3 aromatic heterocycles. The van der Waals surface area contributed by atoms with E-state index in [9.17, 15) is 0 Å². The first kappa shape index (κ1) is 29.2. The Bertz CT molecular complexity index is 2690. The number of imidazole rings is 1. The minimum Gasteiger partial charge on any atom is -0.277 e. The second kappa shape index (κ2) is 11.3. The van der Waals surface area contributed by atoms with Crippen molar-refractivity contribution in [1.82, 2.24) is 23.9 Å². The third kappa shape index (κ3) is 4.23. The Kier molecular flexibility index (Phi) is 6.73. The summed E-state index contributed by atoms with van der Waals surface area (Å²) < 4.78 is 4.68. The van der Waals surface area contributed by atoms with Crippen LogP contribution >= 0.6 is 0 Å². The largest absolute Gasteiger partial charge is 0.277 e. The van der Waals surface area contributed by atoms with E-state index in [1.807, 2.05) is 19.9 Å². The molecule has 6 aromatic carbocycles. The maximum absolute atomic E-state index is 5.54. The Balaban J connectivity index is 0.00000160. The van der Waals surface area contributed by atoms with Gasteiger partial charge < -0.3 is 0 Å². The topological polar surface area (TPSA) is 48.0 Å². The zero-order valence-electron chi connectivity index (χ0n) is 28.0. The van der Waals surface area contributed by atoms with E-state index < -0.39 is 0 Å². The van der Waals surface area contributed by atoms with Crippen LogP contribution in [0.25, 0.3) is 66.9 Å². The minimum absolute atomic E-state index is 0.112. The van der Waals surface area contributed by atoms with Gasteiger partial charge in [0.05, 0.1) is 33.4 Å². The number of rotatable bonds is 3. The van der Waals surface area contributed by atoms with Gasteiger partial charge in [-0.2, -0.15) is 0 Å². The van der Waals surface area contributed by atoms with Crippen LogP contribution < -0.4 is 16.5 Å². The summed E-state index contributed by atoms with van der Waals surface area (Å²) in [6.07, 6.45) is 0. The van der Waals surface area contributed by atoms with Crippen LogP contribution in [0.3, 0.4) is 0 Å². The molecule has 5 nitrogen and oxygen atoms in total. The van der Waals surface area contributed by atoms with E-state index in [0.29, 0.717) is 0 Å². The van der Waals surface area contributed by atoms with Gasteiger partial charge in [-0.25, -0.2) is 15.0 Å². The minimum atomic E-state index is -0.112. The van der Waals surface area contributed by atoms with Gasteiger partial charge in [0.25, 0.3) is 6.71 Å². The van der Waals surface area contributed by atoms with E-state index >= 15 is 0 Å². The smallest absolute Gasteiger partial charge is 0.271 e. The molecular weight excluding hydrogens is 597 g/mol. The van der Waals surface area contributed by atoms with Gasteiger partial charge in [0.2, 0.25) is 5.78 Å². The normalized spacial score (nSPS) is 12.0. The Morgan fingerprint density at radius 3 is 1.98 bits per heavy atom. The molecule has 1 aliphatic rings. The maximum Gasteiger partial charge on any atom is 0.271 e. The first-order valence-electron chi connectivity index (χ1n) is 17.1. The highest BCUT2D eigenvalue weighted by atomic mass is 15.2. The highest BCUT2D eigenvalue weighted by Gasteiger charge is 2.39. The number of para-hydroxylation sites is 2. The Morgan fingerprint density at radius 2 is 1.22 bits per heavy atom. The molecule has 0 unspecified atom stereocenters. The fourth-order valence-corrected chi connectivity index (χ4v) is 7.86. The molecule has 0 radical (unpaired) electrons. The first-order chi connectivity index (χ1) is 24.2. The molecule has 0 saturated heterocycles. The van der Waals surface area contributed by atoms with Crippen molar-refractivity contribution in [1.29, 1.82) is 0 Å². The molecule has 0 aliphatic carbocycles. The molecule has 0 fully saturated rings. The van der Waals surface area contributed by atoms with Crippen LogP contribution in [0.15, 0.2) is 133 Å². The van der Waals surface area contributed by atoms with E-state index in [1.165, 1.54) is 32.8 Å². The second-order valence-electron chi connectivity index (χ2n) is 12.6. The summed E-state index contributed by atoms with van der Waals surface area (Å²) in [5.41, 5.74) is 14.2. The summed E-state index contributed by atoms with van der Waals surface area (Å²) in [7, 11) is 0. The molecule has 1 aliphatic heterocycles. The quantitative estimate of drug-likeness (QED) is 0.185. The lowest BCUT2D eigenvalue weighted by molar-refractivity contribution is 1.04.